The summed E-state index contributed by atoms with van der Waals surface area (Å²) in [6, 6.07) is 75.3. The number of alkyl halides is 3. The molecule has 0 amide bonds. The van der Waals surface area contributed by atoms with Gasteiger partial charge in [-0.3, -0.25) is 0 Å². The Balaban J connectivity index is 0.994. The SMILES string of the molecule is O=S(=O)(Oc1cc(N(c2ccccc2)c2ccc3oc4ccccc4c3c2)c2sc3ccc(-c4cccc(N(c5ccccc5)c5cccc6c5c5ccccc5n6-c5ccccc5)c4)cc3c2c1)C(F)(F)F. The molecular formula is C61H38F3N3O4S2. The van der Waals surface area contributed by atoms with Gasteiger partial charge in [0.2, 0.25) is 0 Å². The molecule has 13 aromatic rings. The molecule has 3 aromatic heterocycles. The second kappa shape index (κ2) is 17.2. The van der Waals surface area contributed by atoms with Crippen LogP contribution < -0.4 is 14.0 Å². The topological polar surface area (TPSA) is 67.9 Å². The number of thiophene rings is 1. The van der Waals surface area contributed by atoms with Gasteiger partial charge in [-0.25, -0.2) is 0 Å². The van der Waals surface area contributed by atoms with Crippen molar-refractivity contribution < 1.29 is 30.2 Å². The van der Waals surface area contributed by atoms with E-state index in [4.69, 9.17) is 8.60 Å². The van der Waals surface area contributed by atoms with Gasteiger partial charge in [0.05, 0.1) is 27.1 Å². The van der Waals surface area contributed by atoms with Crippen molar-refractivity contribution >= 4 is 119 Å². The van der Waals surface area contributed by atoms with E-state index >= 15 is 0 Å². The maximum absolute atomic E-state index is 14.1. The van der Waals surface area contributed by atoms with E-state index in [9.17, 15) is 21.6 Å². The van der Waals surface area contributed by atoms with E-state index in [1.165, 1.54) is 23.5 Å². The van der Waals surface area contributed by atoms with Gasteiger partial charge < -0.3 is 23.0 Å². The molecular weight excluding hydrogens is 960 g/mol. The lowest BCUT2D eigenvalue weighted by atomic mass is 10.0. The van der Waals surface area contributed by atoms with Crippen LogP contribution in [0.3, 0.4) is 0 Å². The number of halogens is 3. The first-order chi connectivity index (χ1) is 35.6. The highest BCUT2D eigenvalue weighted by atomic mass is 32.2. The van der Waals surface area contributed by atoms with E-state index in [1.807, 2.05) is 144 Å². The van der Waals surface area contributed by atoms with Crippen LogP contribution in [0.15, 0.2) is 235 Å². The van der Waals surface area contributed by atoms with Crippen molar-refractivity contribution in [1.29, 1.82) is 0 Å². The molecule has 0 atom stereocenters. The third-order valence-electron chi connectivity index (χ3n) is 13.3. The van der Waals surface area contributed by atoms with Crippen LogP contribution >= 0.6 is 11.3 Å². The Labute approximate surface area is 420 Å². The molecule has 73 heavy (non-hydrogen) atoms. The molecule has 7 nitrogen and oxygen atoms in total. The molecule has 0 saturated heterocycles. The Kier molecular flexibility index (Phi) is 10.4. The normalized spacial score (nSPS) is 12.2. The van der Waals surface area contributed by atoms with E-state index < -0.39 is 21.4 Å². The number of hydrogen-bond acceptors (Lipinski definition) is 7. The maximum Gasteiger partial charge on any atom is 0.534 e. The molecule has 0 fully saturated rings. The van der Waals surface area contributed by atoms with Crippen LogP contribution in [0.2, 0.25) is 0 Å². The van der Waals surface area contributed by atoms with Crippen LogP contribution in [-0.2, 0) is 10.1 Å². The van der Waals surface area contributed by atoms with Gasteiger partial charge in [0.15, 0.2) is 0 Å². The third kappa shape index (κ3) is 7.53. The second-order valence-electron chi connectivity index (χ2n) is 17.6. The van der Waals surface area contributed by atoms with Crippen LogP contribution in [0.25, 0.3) is 80.7 Å². The fourth-order valence-electron chi connectivity index (χ4n) is 10.1. The predicted molar refractivity (Wildman–Crippen MR) is 291 cm³/mol. The molecule has 12 heteroatoms. The molecule has 0 radical (unpaired) electrons. The van der Waals surface area contributed by atoms with Crippen molar-refractivity contribution in [1.82, 2.24) is 4.57 Å². The van der Waals surface area contributed by atoms with Crippen molar-refractivity contribution in [3.05, 3.63) is 231 Å². The summed E-state index contributed by atoms with van der Waals surface area (Å²) in [4.78, 5) is 4.18. The van der Waals surface area contributed by atoms with E-state index in [1.54, 1.807) is 0 Å². The lowest BCUT2D eigenvalue weighted by Gasteiger charge is -2.27. The lowest BCUT2D eigenvalue weighted by molar-refractivity contribution is -0.0500. The van der Waals surface area contributed by atoms with Crippen molar-refractivity contribution in [3.8, 4) is 22.6 Å². The molecule has 0 unspecified atom stereocenters. The highest BCUT2D eigenvalue weighted by Crippen LogP contribution is 2.50. The number of hydrogen-bond donors (Lipinski definition) is 0. The van der Waals surface area contributed by atoms with E-state index in [2.05, 4.69) is 88.3 Å². The minimum Gasteiger partial charge on any atom is -0.456 e. The molecule has 354 valence electrons. The zero-order valence-corrected chi connectivity index (χ0v) is 40.0. The number of nitrogens with zero attached hydrogens (tertiary/aromatic N) is 3. The lowest BCUT2D eigenvalue weighted by Crippen LogP contribution is -2.28. The standard InChI is InChI=1S/C61H38F3N3O4S2/c62-61(63,64)73(68,69)71-46-37-51-50-35-40(30-33-58(50)72-60(51)55(38-46)66(42-19-6-2-7-20-42)45-31-32-57-49(36-45)47-24-11-13-29-56(47)70-57)39-16-14-23-44(34-39)65(41-17-4-1-5-18-41)53-27-15-28-54-59(53)48-25-10-12-26-52(48)67(54)43-21-8-3-9-22-43/h1-38H. The predicted octanol–water partition coefficient (Wildman–Crippen LogP) is 17.9. The average Bonchev–Trinajstić information content (AvgIpc) is 4.09. The highest BCUT2D eigenvalue weighted by molar-refractivity contribution is 7.88. The summed E-state index contributed by atoms with van der Waals surface area (Å²) in [6.07, 6.45) is 0. The smallest absolute Gasteiger partial charge is 0.456 e. The minimum absolute atomic E-state index is 0.425. The van der Waals surface area contributed by atoms with Crippen molar-refractivity contribution in [2.45, 2.75) is 5.51 Å². The summed E-state index contributed by atoms with van der Waals surface area (Å²) in [5.41, 5.74) is 5.26. The van der Waals surface area contributed by atoms with E-state index in [0.29, 0.717) is 43.7 Å². The molecule has 0 aliphatic heterocycles. The van der Waals surface area contributed by atoms with Crippen molar-refractivity contribution in [2.75, 3.05) is 9.80 Å². The minimum atomic E-state index is -6.06. The monoisotopic (exact) mass is 997 g/mol. The highest BCUT2D eigenvalue weighted by Gasteiger charge is 2.48. The molecule has 0 aliphatic carbocycles. The number of furan rings is 1. The maximum atomic E-state index is 14.1. The average molecular weight is 998 g/mol. The van der Waals surface area contributed by atoms with Gasteiger partial charge in [-0.05, 0) is 120 Å². The summed E-state index contributed by atoms with van der Waals surface area (Å²) < 4.78 is 82.8. The van der Waals surface area contributed by atoms with Crippen LogP contribution in [0, 0.1) is 0 Å². The molecule has 0 saturated carbocycles. The summed E-state index contributed by atoms with van der Waals surface area (Å²) in [5.74, 6) is -0.482. The number of fused-ring (bicyclic) bond motifs is 9. The number of para-hydroxylation sites is 5. The van der Waals surface area contributed by atoms with E-state index in [-0.39, 0.29) is 0 Å². The van der Waals surface area contributed by atoms with Crippen LogP contribution in [0.5, 0.6) is 5.75 Å². The van der Waals surface area contributed by atoms with Gasteiger partial charge in [0, 0.05) is 71.5 Å². The zero-order chi connectivity index (χ0) is 49.4. The zero-order valence-electron chi connectivity index (χ0n) is 38.4. The summed E-state index contributed by atoms with van der Waals surface area (Å²) >= 11 is 1.46. The van der Waals surface area contributed by atoms with Crippen LogP contribution in [0.4, 0.5) is 47.3 Å². The quantitative estimate of drug-likeness (QED) is 0.100. The van der Waals surface area contributed by atoms with Gasteiger partial charge in [-0.1, -0.05) is 115 Å². The number of anilines is 6. The Hall–Kier alpha value is -8.84. The molecule has 0 spiro atoms. The third-order valence-corrected chi connectivity index (χ3v) is 15.5. The van der Waals surface area contributed by atoms with Gasteiger partial charge in [-0.2, -0.15) is 21.6 Å². The largest absolute Gasteiger partial charge is 0.534 e. The second-order valence-corrected chi connectivity index (χ2v) is 20.2. The fourth-order valence-corrected chi connectivity index (χ4v) is 11.7. The first-order valence-corrected chi connectivity index (χ1v) is 25.6. The number of rotatable bonds is 10. The van der Waals surface area contributed by atoms with Crippen molar-refractivity contribution in [3.63, 3.8) is 0 Å². The van der Waals surface area contributed by atoms with Crippen LogP contribution in [0.1, 0.15) is 0 Å². The molecule has 3 heterocycles. The first kappa shape index (κ1) is 44.1. The van der Waals surface area contributed by atoms with Crippen LogP contribution in [-0.4, -0.2) is 18.5 Å². The first-order valence-electron chi connectivity index (χ1n) is 23.4. The Bertz CT molecular complexity index is 4380. The Morgan fingerprint density at radius 2 is 1.07 bits per heavy atom. The summed E-state index contributed by atoms with van der Waals surface area (Å²) in [7, 11) is -6.06. The molecule has 0 bridgehead atoms. The van der Waals surface area contributed by atoms with Gasteiger partial charge in [0.25, 0.3) is 0 Å². The van der Waals surface area contributed by atoms with Gasteiger partial charge in [-0.15, -0.1) is 11.3 Å². The number of aromatic nitrogens is 1. The molecule has 10 aromatic carbocycles. The summed E-state index contributed by atoms with van der Waals surface area (Å²) in [5, 5.41) is 5.15. The Morgan fingerprint density at radius 3 is 1.82 bits per heavy atom. The fraction of sp³-hybridized carbons (Fsp3) is 0.0164. The summed E-state index contributed by atoms with van der Waals surface area (Å²) in [6.45, 7) is 0. The molecule has 0 N–H and O–H groups in total. The number of benzene rings is 10. The van der Waals surface area contributed by atoms with Gasteiger partial charge >= 0.3 is 15.6 Å². The van der Waals surface area contributed by atoms with Crippen molar-refractivity contribution in [2.24, 2.45) is 0 Å². The van der Waals surface area contributed by atoms with E-state index in [0.717, 1.165) is 71.2 Å². The van der Waals surface area contributed by atoms with Gasteiger partial charge in [0.1, 0.15) is 16.9 Å². The Morgan fingerprint density at radius 1 is 0.466 bits per heavy atom. The molecule has 13 rings (SSSR count). The molecule has 0 aliphatic rings.